The predicted octanol–water partition coefficient (Wildman–Crippen LogP) is 2.53. The zero-order chi connectivity index (χ0) is 14.9. The quantitative estimate of drug-likeness (QED) is 0.737. The second kappa shape index (κ2) is 9.41. The molecule has 0 spiro atoms. The van der Waals surface area contributed by atoms with E-state index >= 15 is 0 Å². The lowest BCUT2D eigenvalue weighted by molar-refractivity contribution is 0.129. The third kappa shape index (κ3) is 6.34. The highest BCUT2D eigenvalue weighted by Gasteiger charge is 2.17. The fourth-order valence-corrected chi connectivity index (χ4v) is 2.97. The van der Waals surface area contributed by atoms with E-state index in [2.05, 4.69) is 26.1 Å². The molecule has 0 aliphatic carbocycles. The molecule has 0 amide bonds. The lowest BCUT2D eigenvalue weighted by Crippen LogP contribution is -2.41. The minimum Gasteiger partial charge on any atom is -0.492 e. The van der Waals surface area contributed by atoms with E-state index in [0.717, 1.165) is 43.0 Å². The van der Waals surface area contributed by atoms with Crippen molar-refractivity contribution in [3.05, 3.63) is 28.7 Å². The van der Waals surface area contributed by atoms with Crippen LogP contribution in [0.25, 0.3) is 0 Å². The Bertz CT molecular complexity index is 411. The SMILES string of the molecule is COCCN(CCOc1cccc(Br)c1)CC1CCCN1. The standard InChI is InChI=1S/C16H25BrN2O2/c1-20-10-8-19(13-15-5-3-7-18-15)9-11-21-16-6-2-4-14(17)12-16/h2,4,6,12,15,18H,3,5,7-11,13H2,1H3. The minimum absolute atomic E-state index is 0.618. The van der Waals surface area contributed by atoms with Crippen molar-refractivity contribution >= 4 is 15.9 Å². The van der Waals surface area contributed by atoms with Gasteiger partial charge in [0.15, 0.2) is 0 Å². The molecular formula is C16H25BrN2O2. The van der Waals surface area contributed by atoms with Crippen LogP contribution < -0.4 is 10.1 Å². The topological polar surface area (TPSA) is 33.7 Å². The van der Waals surface area contributed by atoms with Crippen LogP contribution in [0.3, 0.4) is 0 Å². The zero-order valence-electron chi connectivity index (χ0n) is 12.7. The van der Waals surface area contributed by atoms with Gasteiger partial charge in [-0.3, -0.25) is 4.90 Å². The van der Waals surface area contributed by atoms with Crippen molar-refractivity contribution in [1.29, 1.82) is 0 Å². The van der Waals surface area contributed by atoms with Crippen LogP contribution in [-0.2, 0) is 4.74 Å². The highest BCUT2D eigenvalue weighted by Crippen LogP contribution is 2.17. The summed E-state index contributed by atoms with van der Waals surface area (Å²) in [6.45, 7) is 5.57. The first kappa shape index (κ1) is 16.7. The first-order valence-corrected chi connectivity index (χ1v) is 8.40. The predicted molar refractivity (Wildman–Crippen MR) is 89.0 cm³/mol. The molecule has 4 nitrogen and oxygen atoms in total. The van der Waals surface area contributed by atoms with E-state index in [1.807, 2.05) is 24.3 Å². The molecule has 1 aromatic carbocycles. The number of halogens is 1. The third-order valence-corrected chi connectivity index (χ3v) is 4.22. The van der Waals surface area contributed by atoms with Gasteiger partial charge in [0.05, 0.1) is 6.61 Å². The molecular weight excluding hydrogens is 332 g/mol. The second-order valence-corrected chi connectivity index (χ2v) is 6.31. The normalized spacial score (nSPS) is 18.3. The Morgan fingerprint density at radius 2 is 2.19 bits per heavy atom. The fraction of sp³-hybridized carbons (Fsp3) is 0.625. The molecule has 1 aliphatic heterocycles. The van der Waals surface area contributed by atoms with E-state index in [-0.39, 0.29) is 0 Å². The maximum atomic E-state index is 5.83. The molecule has 0 radical (unpaired) electrons. The summed E-state index contributed by atoms with van der Waals surface area (Å²) < 4.78 is 12.1. The Balaban J connectivity index is 1.74. The Kier molecular flexibility index (Phi) is 7.50. The van der Waals surface area contributed by atoms with Crippen LogP contribution in [0.4, 0.5) is 0 Å². The number of hydrogen-bond donors (Lipinski definition) is 1. The molecule has 1 unspecified atom stereocenters. The maximum Gasteiger partial charge on any atom is 0.120 e. The van der Waals surface area contributed by atoms with Gasteiger partial charge in [0, 0.05) is 37.3 Å². The summed E-state index contributed by atoms with van der Waals surface area (Å²) in [5, 5.41) is 3.55. The van der Waals surface area contributed by atoms with Crippen molar-refractivity contribution in [2.24, 2.45) is 0 Å². The van der Waals surface area contributed by atoms with Gasteiger partial charge in [0.1, 0.15) is 12.4 Å². The molecule has 118 valence electrons. The maximum absolute atomic E-state index is 5.83. The van der Waals surface area contributed by atoms with Crippen molar-refractivity contribution in [2.45, 2.75) is 18.9 Å². The number of nitrogens with zero attached hydrogens (tertiary/aromatic N) is 1. The van der Waals surface area contributed by atoms with Crippen LogP contribution >= 0.6 is 15.9 Å². The van der Waals surface area contributed by atoms with Crippen molar-refractivity contribution in [1.82, 2.24) is 10.2 Å². The van der Waals surface area contributed by atoms with Gasteiger partial charge in [-0.2, -0.15) is 0 Å². The molecule has 1 aliphatic rings. The largest absolute Gasteiger partial charge is 0.492 e. The Morgan fingerprint density at radius 1 is 1.33 bits per heavy atom. The summed E-state index contributed by atoms with van der Waals surface area (Å²) in [5.74, 6) is 0.912. The van der Waals surface area contributed by atoms with Gasteiger partial charge in [-0.1, -0.05) is 22.0 Å². The summed E-state index contributed by atoms with van der Waals surface area (Å²) in [6.07, 6.45) is 2.56. The average molecular weight is 357 g/mol. The van der Waals surface area contributed by atoms with E-state index in [1.54, 1.807) is 7.11 Å². The van der Waals surface area contributed by atoms with Gasteiger partial charge in [-0.15, -0.1) is 0 Å². The summed E-state index contributed by atoms with van der Waals surface area (Å²) in [5.41, 5.74) is 0. The molecule has 1 saturated heterocycles. The molecule has 5 heteroatoms. The monoisotopic (exact) mass is 356 g/mol. The average Bonchev–Trinajstić information content (AvgIpc) is 2.97. The lowest BCUT2D eigenvalue weighted by Gasteiger charge is -2.25. The van der Waals surface area contributed by atoms with Gasteiger partial charge in [-0.05, 0) is 37.6 Å². The molecule has 0 saturated carbocycles. The van der Waals surface area contributed by atoms with E-state index in [9.17, 15) is 0 Å². The first-order chi connectivity index (χ1) is 10.3. The number of benzene rings is 1. The lowest BCUT2D eigenvalue weighted by atomic mass is 10.2. The Hall–Kier alpha value is -0.620. The minimum atomic E-state index is 0.618. The zero-order valence-corrected chi connectivity index (χ0v) is 14.3. The van der Waals surface area contributed by atoms with Crippen molar-refractivity contribution in [3.8, 4) is 5.75 Å². The molecule has 1 atom stereocenters. The summed E-state index contributed by atoms with van der Waals surface area (Å²) in [4.78, 5) is 2.42. The van der Waals surface area contributed by atoms with Crippen LogP contribution in [-0.4, -0.2) is 57.4 Å². The number of ether oxygens (including phenoxy) is 2. The van der Waals surface area contributed by atoms with Crippen LogP contribution in [0, 0.1) is 0 Å². The number of methoxy groups -OCH3 is 1. The van der Waals surface area contributed by atoms with Crippen molar-refractivity contribution in [3.63, 3.8) is 0 Å². The van der Waals surface area contributed by atoms with E-state index in [4.69, 9.17) is 9.47 Å². The fourth-order valence-electron chi connectivity index (χ4n) is 2.59. The molecule has 21 heavy (non-hydrogen) atoms. The van der Waals surface area contributed by atoms with Crippen molar-refractivity contribution in [2.75, 3.05) is 46.5 Å². The van der Waals surface area contributed by atoms with Gasteiger partial charge < -0.3 is 14.8 Å². The van der Waals surface area contributed by atoms with E-state index in [0.29, 0.717) is 12.6 Å². The van der Waals surface area contributed by atoms with Crippen LogP contribution in [0.15, 0.2) is 28.7 Å². The summed E-state index contributed by atoms with van der Waals surface area (Å²) in [6, 6.07) is 8.60. The van der Waals surface area contributed by atoms with Gasteiger partial charge in [0.25, 0.3) is 0 Å². The van der Waals surface area contributed by atoms with Crippen LogP contribution in [0.5, 0.6) is 5.75 Å². The molecule has 1 aromatic rings. The molecule has 1 fully saturated rings. The summed E-state index contributed by atoms with van der Waals surface area (Å²) in [7, 11) is 1.75. The molecule has 1 heterocycles. The molecule has 0 bridgehead atoms. The number of rotatable bonds is 9. The third-order valence-electron chi connectivity index (χ3n) is 3.72. The number of nitrogens with one attached hydrogen (secondary N) is 1. The smallest absolute Gasteiger partial charge is 0.120 e. The Morgan fingerprint density at radius 3 is 2.90 bits per heavy atom. The highest BCUT2D eigenvalue weighted by molar-refractivity contribution is 9.10. The first-order valence-electron chi connectivity index (χ1n) is 7.61. The molecule has 0 aromatic heterocycles. The van der Waals surface area contributed by atoms with E-state index < -0.39 is 0 Å². The van der Waals surface area contributed by atoms with Crippen LogP contribution in [0.2, 0.25) is 0 Å². The van der Waals surface area contributed by atoms with E-state index in [1.165, 1.54) is 12.8 Å². The van der Waals surface area contributed by atoms with Crippen LogP contribution in [0.1, 0.15) is 12.8 Å². The van der Waals surface area contributed by atoms with Gasteiger partial charge in [0.2, 0.25) is 0 Å². The second-order valence-electron chi connectivity index (χ2n) is 5.39. The highest BCUT2D eigenvalue weighted by atomic mass is 79.9. The number of hydrogen-bond acceptors (Lipinski definition) is 4. The molecule has 2 rings (SSSR count). The Labute approximate surface area is 135 Å². The summed E-state index contributed by atoms with van der Waals surface area (Å²) >= 11 is 3.46. The van der Waals surface area contributed by atoms with Gasteiger partial charge >= 0.3 is 0 Å². The van der Waals surface area contributed by atoms with Gasteiger partial charge in [-0.25, -0.2) is 0 Å². The molecule has 1 N–H and O–H groups in total. The van der Waals surface area contributed by atoms with Crippen molar-refractivity contribution < 1.29 is 9.47 Å².